The number of carboxylic acids is 1. The lowest BCUT2D eigenvalue weighted by atomic mass is 10.1. The van der Waals surface area contributed by atoms with E-state index < -0.39 is 5.97 Å². The molecular formula is C14H17NO2. The van der Waals surface area contributed by atoms with Crippen molar-refractivity contribution in [3.63, 3.8) is 0 Å². The molecule has 0 radical (unpaired) electrons. The summed E-state index contributed by atoms with van der Waals surface area (Å²) in [5.74, 6) is -0.786. The van der Waals surface area contributed by atoms with Crippen LogP contribution in [0.3, 0.4) is 0 Å². The summed E-state index contributed by atoms with van der Waals surface area (Å²) >= 11 is 0. The molecule has 0 aliphatic carbocycles. The standard InChI is InChI=1S/C14H17NO2/c1-2-11-3-5-13(6-4-11)15-9-7-12(8-10-15)14(16)17/h3-7H,2,8-10H2,1H3,(H,16,17). The molecule has 0 unspecified atom stereocenters. The number of hydrogen-bond acceptors (Lipinski definition) is 2. The van der Waals surface area contributed by atoms with Gasteiger partial charge in [-0.1, -0.05) is 25.1 Å². The Morgan fingerprint density at radius 1 is 1.35 bits per heavy atom. The van der Waals surface area contributed by atoms with Gasteiger partial charge in [0.15, 0.2) is 0 Å². The third-order valence-corrected chi connectivity index (χ3v) is 3.19. The fourth-order valence-corrected chi connectivity index (χ4v) is 2.04. The van der Waals surface area contributed by atoms with Crippen molar-refractivity contribution in [2.24, 2.45) is 0 Å². The largest absolute Gasteiger partial charge is 0.478 e. The van der Waals surface area contributed by atoms with Gasteiger partial charge in [0.1, 0.15) is 0 Å². The molecule has 3 heteroatoms. The number of rotatable bonds is 3. The van der Waals surface area contributed by atoms with Crippen molar-refractivity contribution in [3.05, 3.63) is 41.5 Å². The van der Waals surface area contributed by atoms with Crippen molar-refractivity contribution in [3.8, 4) is 0 Å². The summed E-state index contributed by atoms with van der Waals surface area (Å²) in [7, 11) is 0. The van der Waals surface area contributed by atoms with Crippen LogP contribution in [-0.2, 0) is 11.2 Å². The molecule has 0 amide bonds. The van der Waals surface area contributed by atoms with Gasteiger partial charge >= 0.3 is 5.97 Å². The predicted molar refractivity (Wildman–Crippen MR) is 68.4 cm³/mol. The quantitative estimate of drug-likeness (QED) is 0.868. The van der Waals surface area contributed by atoms with E-state index >= 15 is 0 Å². The molecular weight excluding hydrogens is 214 g/mol. The normalized spacial score (nSPS) is 15.6. The molecule has 90 valence electrons. The lowest BCUT2D eigenvalue weighted by molar-refractivity contribution is -0.132. The number of aryl methyl sites for hydroxylation is 1. The molecule has 1 aliphatic rings. The van der Waals surface area contributed by atoms with Crippen LogP contribution >= 0.6 is 0 Å². The van der Waals surface area contributed by atoms with E-state index in [0.717, 1.165) is 13.0 Å². The minimum absolute atomic E-state index is 0.534. The lowest BCUT2D eigenvalue weighted by Crippen LogP contribution is -2.29. The Kier molecular flexibility index (Phi) is 3.47. The van der Waals surface area contributed by atoms with Gasteiger partial charge in [0, 0.05) is 24.4 Å². The molecule has 0 spiro atoms. The first-order chi connectivity index (χ1) is 8.20. The van der Waals surface area contributed by atoms with Gasteiger partial charge in [-0.25, -0.2) is 4.79 Å². The summed E-state index contributed by atoms with van der Waals surface area (Å²) in [6.07, 6.45) is 3.47. The van der Waals surface area contributed by atoms with Crippen LogP contribution < -0.4 is 4.90 Å². The number of carbonyl (C=O) groups is 1. The number of hydrogen-bond donors (Lipinski definition) is 1. The second kappa shape index (κ2) is 5.04. The summed E-state index contributed by atoms with van der Waals surface area (Å²) < 4.78 is 0. The maximum absolute atomic E-state index is 10.8. The van der Waals surface area contributed by atoms with Crippen LogP contribution in [0.4, 0.5) is 5.69 Å². The highest BCUT2D eigenvalue weighted by Crippen LogP contribution is 2.20. The molecule has 1 heterocycles. The Hall–Kier alpha value is -1.77. The van der Waals surface area contributed by atoms with E-state index in [-0.39, 0.29) is 0 Å². The Labute approximate surface area is 101 Å². The molecule has 0 saturated carbocycles. The average molecular weight is 231 g/mol. The van der Waals surface area contributed by atoms with Gasteiger partial charge in [0.05, 0.1) is 0 Å². The van der Waals surface area contributed by atoms with Crippen LogP contribution in [-0.4, -0.2) is 24.2 Å². The maximum atomic E-state index is 10.8. The smallest absolute Gasteiger partial charge is 0.331 e. The van der Waals surface area contributed by atoms with Crippen molar-refractivity contribution in [1.82, 2.24) is 0 Å². The topological polar surface area (TPSA) is 40.5 Å². The van der Waals surface area contributed by atoms with E-state index in [9.17, 15) is 4.79 Å². The van der Waals surface area contributed by atoms with Gasteiger partial charge in [-0.05, 0) is 30.5 Å². The Bertz CT molecular complexity index is 434. The molecule has 0 atom stereocenters. The highest BCUT2D eigenvalue weighted by Gasteiger charge is 2.16. The zero-order valence-electron chi connectivity index (χ0n) is 10.0. The highest BCUT2D eigenvalue weighted by molar-refractivity contribution is 5.87. The van der Waals surface area contributed by atoms with E-state index in [4.69, 9.17) is 5.11 Å². The number of anilines is 1. The lowest BCUT2D eigenvalue weighted by Gasteiger charge is -2.27. The molecule has 0 aromatic heterocycles. The number of aliphatic carboxylic acids is 1. The van der Waals surface area contributed by atoms with Crippen LogP contribution in [0.5, 0.6) is 0 Å². The van der Waals surface area contributed by atoms with E-state index in [1.807, 2.05) is 0 Å². The van der Waals surface area contributed by atoms with Gasteiger partial charge in [-0.2, -0.15) is 0 Å². The first-order valence-electron chi connectivity index (χ1n) is 5.97. The average Bonchev–Trinajstić information content (AvgIpc) is 2.39. The van der Waals surface area contributed by atoms with Crippen LogP contribution in [0.1, 0.15) is 18.9 Å². The van der Waals surface area contributed by atoms with Gasteiger partial charge in [-0.15, -0.1) is 0 Å². The van der Waals surface area contributed by atoms with Crippen LogP contribution in [0.15, 0.2) is 35.9 Å². The van der Waals surface area contributed by atoms with Crippen LogP contribution in [0.2, 0.25) is 0 Å². The summed E-state index contributed by atoms with van der Waals surface area (Å²) in [5.41, 5.74) is 3.03. The van der Waals surface area contributed by atoms with E-state index in [1.165, 1.54) is 11.3 Å². The number of carboxylic acid groups (broad SMARTS) is 1. The van der Waals surface area contributed by atoms with Crippen LogP contribution in [0.25, 0.3) is 0 Å². The summed E-state index contributed by atoms with van der Waals surface area (Å²) in [6, 6.07) is 8.48. The number of benzene rings is 1. The maximum Gasteiger partial charge on any atom is 0.331 e. The highest BCUT2D eigenvalue weighted by atomic mass is 16.4. The SMILES string of the molecule is CCc1ccc(N2CC=C(C(=O)O)CC2)cc1. The third kappa shape index (κ3) is 2.67. The molecule has 0 saturated heterocycles. The molecule has 0 fully saturated rings. The third-order valence-electron chi connectivity index (χ3n) is 3.19. The monoisotopic (exact) mass is 231 g/mol. The van der Waals surface area contributed by atoms with Crippen LogP contribution in [0, 0.1) is 0 Å². The van der Waals surface area contributed by atoms with E-state index in [0.29, 0.717) is 18.5 Å². The summed E-state index contributed by atoms with van der Waals surface area (Å²) in [6.45, 7) is 3.61. The first kappa shape index (κ1) is 11.7. The molecule has 3 nitrogen and oxygen atoms in total. The van der Waals surface area contributed by atoms with Crippen molar-refractivity contribution in [1.29, 1.82) is 0 Å². The zero-order chi connectivity index (χ0) is 12.3. The minimum atomic E-state index is -0.786. The molecule has 2 rings (SSSR count). The van der Waals surface area contributed by atoms with Crippen molar-refractivity contribution in [2.75, 3.05) is 18.0 Å². The predicted octanol–water partition coefficient (Wildman–Crippen LogP) is 2.47. The fraction of sp³-hybridized carbons (Fsp3) is 0.357. The van der Waals surface area contributed by atoms with Gasteiger partial charge in [0.2, 0.25) is 0 Å². The summed E-state index contributed by atoms with van der Waals surface area (Å²) in [5, 5.41) is 8.88. The summed E-state index contributed by atoms with van der Waals surface area (Å²) in [4.78, 5) is 13.0. The Balaban J connectivity index is 2.07. The molecule has 17 heavy (non-hydrogen) atoms. The van der Waals surface area contributed by atoms with E-state index in [2.05, 4.69) is 36.1 Å². The van der Waals surface area contributed by atoms with Gasteiger partial charge < -0.3 is 10.0 Å². The molecule has 1 aliphatic heterocycles. The second-order valence-corrected chi connectivity index (χ2v) is 4.25. The van der Waals surface area contributed by atoms with Crippen molar-refractivity contribution < 1.29 is 9.90 Å². The van der Waals surface area contributed by atoms with Gasteiger partial charge in [-0.3, -0.25) is 0 Å². The fourth-order valence-electron chi connectivity index (χ4n) is 2.04. The minimum Gasteiger partial charge on any atom is -0.478 e. The molecule has 1 aromatic rings. The van der Waals surface area contributed by atoms with Crippen molar-refractivity contribution in [2.45, 2.75) is 19.8 Å². The number of nitrogens with zero attached hydrogens (tertiary/aromatic N) is 1. The molecule has 1 N–H and O–H groups in total. The zero-order valence-corrected chi connectivity index (χ0v) is 10.0. The van der Waals surface area contributed by atoms with Gasteiger partial charge in [0.25, 0.3) is 0 Å². The van der Waals surface area contributed by atoms with Crippen molar-refractivity contribution >= 4 is 11.7 Å². The second-order valence-electron chi connectivity index (χ2n) is 4.25. The molecule has 1 aromatic carbocycles. The van der Waals surface area contributed by atoms with E-state index in [1.54, 1.807) is 6.08 Å². The Morgan fingerprint density at radius 3 is 2.53 bits per heavy atom. The Morgan fingerprint density at radius 2 is 2.06 bits per heavy atom. The first-order valence-corrected chi connectivity index (χ1v) is 5.97. The molecule has 0 bridgehead atoms.